The van der Waals surface area contributed by atoms with E-state index < -0.39 is 6.43 Å². The summed E-state index contributed by atoms with van der Waals surface area (Å²) in [6.07, 6.45) is 7.85. The maximum atomic E-state index is 13.6. The van der Waals surface area contributed by atoms with Gasteiger partial charge >= 0.3 is 0 Å². The molecule has 0 amide bonds. The molecule has 1 heterocycles. The number of hydrogen-bond donors (Lipinski definition) is 0. The molecule has 0 atom stereocenters. The summed E-state index contributed by atoms with van der Waals surface area (Å²) in [5.74, 6) is 0. The molecule has 0 spiro atoms. The minimum Gasteiger partial charge on any atom is -0.256 e. The number of fused-ring (bicyclic) bond motifs is 5. The molecule has 32 heavy (non-hydrogen) atoms. The van der Waals surface area contributed by atoms with Gasteiger partial charge in [0.1, 0.15) is 0 Å². The summed E-state index contributed by atoms with van der Waals surface area (Å²) in [7, 11) is 0. The molecule has 0 aliphatic heterocycles. The molecule has 6 rings (SSSR count). The van der Waals surface area contributed by atoms with Crippen LogP contribution in [0, 0.1) is 6.92 Å². The molecule has 2 aliphatic rings. The van der Waals surface area contributed by atoms with E-state index in [4.69, 9.17) is 0 Å². The van der Waals surface area contributed by atoms with E-state index in [2.05, 4.69) is 35.3 Å². The van der Waals surface area contributed by atoms with E-state index in [0.29, 0.717) is 0 Å². The fraction of sp³-hybridized carbons (Fsp3) is 0.207. The summed E-state index contributed by atoms with van der Waals surface area (Å²) in [5, 5.41) is 2.92. The van der Waals surface area contributed by atoms with Gasteiger partial charge in [-0.15, -0.1) is 0 Å². The molecule has 0 radical (unpaired) electrons. The van der Waals surface area contributed by atoms with Crippen LogP contribution in [-0.2, 0) is 6.42 Å². The van der Waals surface area contributed by atoms with Crippen LogP contribution in [-0.4, -0.2) is 4.98 Å². The average Bonchev–Trinajstić information content (AvgIpc) is 2.83. The van der Waals surface area contributed by atoms with Crippen LogP contribution >= 0.6 is 0 Å². The highest BCUT2D eigenvalue weighted by molar-refractivity contribution is 5.96. The van der Waals surface area contributed by atoms with Gasteiger partial charge in [0.05, 0.1) is 5.52 Å². The Hall–Kier alpha value is -3.33. The Morgan fingerprint density at radius 2 is 1.72 bits per heavy atom. The van der Waals surface area contributed by atoms with E-state index >= 15 is 0 Å². The molecule has 3 heteroatoms. The van der Waals surface area contributed by atoms with Crippen molar-refractivity contribution in [1.82, 2.24) is 4.98 Å². The predicted octanol–water partition coefficient (Wildman–Crippen LogP) is 8.37. The van der Waals surface area contributed by atoms with Crippen molar-refractivity contribution in [3.63, 3.8) is 0 Å². The van der Waals surface area contributed by atoms with Crippen LogP contribution < -0.4 is 0 Å². The largest absolute Gasteiger partial charge is 0.264 e. The number of nitrogens with zero attached hydrogens (tertiary/aromatic N) is 1. The maximum absolute atomic E-state index is 13.6. The van der Waals surface area contributed by atoms with E-state index in [0.717, 1.165) is 58.7 Å². The topological polar surface area (TPSA) is 12.9 Å². The van der Waals surface area contributed by atoms with Gasteiger partial charge in [-0.3, -0.25) is 4.98 Å². The smallest absolute Gasteiger partial charge is 0.256 e. The molecule has 3 aromatic carbocycles. The summed E-state index contributed by atoms with van der Waals surface area (Å²) in [6.45, 7) is 1.88. The molecule has 0 saturated carbocycles. The minimum absolute atomic E-state index is 0.190. The zero-order valence-corrected chi connectivity index (χ0v) is 18.1. The minimum atomic E-state index is -2.42. The molecule has 0 unspecified atom stereocenters. The van der Waals surface area contributed by atoms with Crippen LogP contribution in [0.2, 0.25) is 0 Å². The Balaban J connectivity index is 0.000000180. The summed E-state index contributed by atoms with van der Waals surface area (Å²) >= 11 is 0. The van der Waals surface area contributed by atoms with Gasteiger partial charge in [-0.25, -0.2) is 8.78 Å². The highest BCUT2D eigenvalue weighted by Crippen LogP contribution is 2.42. The third-order valence-electron chi connectivity index (χ3n) is 6.39. The zero-order valence-electron chi connectivity index (χ0n) is 18.1. The predicted molar refractivity (Wildman–Crippen MR) is 129 cm³/mol. The number of para-hydroxylation sites is 1. The molecule has 2 aliphatic carbocycles. The first kappa shape index (κ1) is 20.6. The molecular formula is C29H25F2N. The van der Waals surface area contributed by atoms with Crippen LogP contribution in [0.5, 0.6) is 0 Å². The van der Waals surface area contributed by atoms with Gasteiger partial charge in [-0.2, -0.15) is 0 Å². The molecule has 1 nitrogen and oxygen atoms in total. The molecule has 0 N–H and O–H groups in total. The van der Waals surface area contributed by atoms with E-state index in [1.54, 1.807) is 6.07 Å². The Labute approximate surface area is 187 Å². The lowest BCUT2D eigenvalue weighted by Gasteiger charge is -2.26. The monoisotopic (exact) mass is 425 g/mol. The van der Waals surface area contributed by atoms with Crippen LogP contribution in [0.25, 0.3) is 27.2 Å². The number of alkyl halides is 2. The zero-order chi connectivity index (χ0) is 22.1. The van der Waals surface area contributed by atoms with Gasteiger partial charge in [0.2, 0.25) is 0 Å². The van der Waals surface area contributed by atoms with E-state index in [1.165, 1.54) is 16.5 Å². The Bertz CT molecular complexity index is 1300. The lowest BCUT2D eigenvalue weighted by atomic mass is 9.79. The maximum Gasteiger partial charge on any atom is 0.264 e. The van der Waals surface area contributed by atoms with E-state index in [9.17, 15) is 8.78 Å². The molecular weight excluding hydrogens is 400 g/mol. The van der Waals surface area contributed by atoms with Crippen molar-refractivity contribution in [1.29, 1.82) is 0 Å². The molecule has 0 saturated heterocycles. The quantitative estimate of drug-likeness (QED) is 0.298. The van der Waals surface area contributed by atoms with Crippen LogP contribution in [0.1, 0.15) is 47.9 Å². The van der Waals surface area contributed by atoms with Crippen LogP contribution in [0.15, 0.2) is 84.6 Å². The second-order valence-electron chi connectivity index (χ2n) is 8.50. The number of rotatable bonds is 1. The number of halogens is 2. The van der Waals surface area contributed by atoms with Crippen molar-refractivity contribution in [2.75, 3.05) is 0 Å². The Morgan fingerprint density at radius 1 is 0.875 bits per heavy atom. The molecule has 4 aromatic rings. The lowest BCUT2D eigenvalue weighted by molar-refractivity contribution is 0.153. The average molecular weight is 426 g/mol. The first-order valence-electron chi connectivity index (χ1n) is 11.1. The molecule has 0 bridgehead atoms. The second kappa shape index (κ2) is 8.66. The van der Waals surface area contributed by atoms with Gasteiger partial charge in [0.25, 0.3) is 6.43 Å². The third-order valence-corrected chi connectivity index (χ3v) is 6.39. The first-order valence-corrected chi connectivity index (χ1v) is 11.1. The van der Waals surface area contributed by atoms with Crippen LogP contribution in [0.3, 0.4) is 0 Å². The number of aryl methyl sites for hydroxylation is 2. The van der Waals surface area contributed by atoms with Gasteiger partial charge in [-0.05, 0) is 78.3 Å². The standard InChI is InChI=1S/C20H18F2.C9H7N/c1-12-10-14-7-8-16-15-5-3-2-4-13(15)6-9-17(16)19(14)18(11-12)20(21)22;1-2-6-9-8(4-1)5-3-7-10-9/h3,5,7-8,10-11,20H,2,4,6,9H2,1H3;1-7H. The van der Waals surface area contributed by atoms with E-state index in [-0.39, 0.29) is 5.56 Å². The first-order chi connectivity index (χ1) is 15.6. The summed E-state index contributed by atoms with van der Waals surface area (Å²) in [5.41, 5.74) is 7.18. The van der Waals surface area contributed by atoms with Crippen molar-refractivity contribution >= 4 is 27.2 Å². The number of benzene rings is 3. The van der Waals surface area contributed by atoms with E-state index in [1.807, 2.05) is 49.5 Å². The molecule has 1 aromatic heterocycles. The SMILES string of the molecule is Cc1cc(C(F)F)c2c3c(ccc2c1)C1=C(CCC=C1)CC3.c1ccc2ncccc2c1. The van der Waals surface area contributed by atoms with Crippen molar-refractivity contribution < 1.29 is 8.78 Å². The Kier molecular flexibility index (Phi) is 5.57. The van der Waals surface area contributed by atoms with Gasteiger partial charge < -0.3 is 0 Å². The summed E-state index contributed by atoms with van der Waals surface area (Å²) in [4.78, 5) is 4.18. The Morgan fingerprint density at radius 3 is 2.56 bits per heavy atom. The lowest BCUT2D eigenvalue weighted by Crippen LogP contribution is -2.08. The second-order valence-corrected chi connectivity index (χ2v) is 8.50. The fourth-order valence-electron chi connectivity index (χ4n) is 4.96. The summed E-state index contributed by atoms with van der Waals surface area (Å²) in [6, 6.07) is 19.9. The van der Waals surface area contributed by atoms with Crippen LogP contribution in [0.4, 0.5) is 8.78 Å². The normalized spacial score (nSPS) is 14.9. The number of aromatic nitrogens is 1. The highest BCUT2D eigenvalue weighted by atomic mass is 19.3. The number of allylic oxidation sites excluding steroid dienone is 4. The van der Waals surface area contributed by atoms with Crippen molar-refractivity contribution in [3.8, 4) is 0 Å². The van der Waals surface area contributed by atoms with Gasteiger partial charge in [0, 0.05) is 17.1 Å². The fourth-order valence-corrected chi connectivity index (χ4v) is 4.96. The molecule has 0 fully saturated rings. The van der Waals surface area contributed by atoms with Gasteiger partial charge in [-0.1, -0.05) is 65.8 Å². The number of hydrogen-bond acceptors (Lipinski definition) is 1. The molecule has 160 valence electrons. The summed E-state index contributed by atoms with van der Waals surface area (Å²) < 4.78 is 27.1. The number of pyridine rings is 1. The highest BCUT2D eigenvalue weighted by Gasteiger charge is 2.23. The van der Waals surface area contributed by atoms with Crippen molar-refractivity contribution in [3.05, 3.63) is 107 Å². The van der Waals surface area contributed by atoms with Gasteiger partial charge in [0.15, 0.2) is 0 Å². The van der Waals surface area contributed by atoms with Crippen molar-refractivity contribution in [2.45, 2.75) is 39.0 Å². The van der Waals surface area contributed by atoms with Crippen molar-refractivity contribution in [2.24, 2.45) is 0 Å². The third kappa shape index (κ3) is 3.84.